The highest BCUT2D eigenvalue weighted by atomic mass is 16.5. The molecule has 2 rings (SSSR count). The van der Waals surface area contributed by atoms with Crippen LogP contribution in [-0.2, 0) is 9.59 Å². The number of anilines is 1. The minimum Gasteiger partial charge on any atom is -0.468 e. The van der Waals surface area contributed by atoms with Gasteiger partial charge in [0, 0.05) is 25.6 Å². The van der Waals surface area contributed by atoms with Gasteiger partial charge in [0.05, 0.1) is 11.9 Å². The quantitative estimate of drug-likeness (QED) is 0.829. The van der Waals surface area contributed by atoms with Gasteiger partial charge in [-0.1, -0.05) is 6.92 Å². The second-order valence-electron chi connectivity index (χ2n) is 5.25. The van der Waals surface area contributed by atoms with Crippen LogP contribution in [0.4, 0.5) is 5.69 Å². The van der Waals surface area contributed by atoms with Crippen molar-refractivity contribution < 1.29 is 14.3 Å². The summed E-state index contributed by atoms with van der Waals surface area (Å²) in [5, 5.41) is 2.80. The van der Waals surface area contributed by atoms with E-state index < -0.39 is 0 Å². The first-order valence-corrected chi connectivity index (χ1v) is 7.24. The molecule has 0 spiro atoms. The summed E-state index contributed by atoms with van der Waals surface area (Å²) in [7, 11) is 1.75. The maximum atomic E-state index is 11.7. The van der Waals surface area contributed by atoms with Crippen molar-refractivity contribution in [3.05, 3.63) is 18.3 Å². The maximum absolute atomic E-state index is 11.7. The lowest BCUT2D eigenvalue weighted by atomic mass is 10.3. The molecule has 1 fully saturated rings. The Bertz CT molecular complexity index is 497. The van der Waals surface area contributed by atoms with Gasteiger partial charge >= 0.3 is 0 Å². The number of nitrogens with one attached hydrogen (secondary N) is 1. The molecule has 6 nitrogen and oxygen atoms in total. The molecular formula is C15H21N3O3. The number of rotatable bonds is 7. The molecule has 1 N–H and O–H groups in total. The molecule has 114 valence electrons. The van der Waals surface area contributed by atoms with Gasteiger partial charge in [0.1, 0.15) is 0 Å². The Morgan fingerprint density at radius 3 is 2.76 bits per heavy atom. The number of likely N-dealkylation sites (N-methyl/N-ethyl adjacent to an activating group) is 1. The predicted molar refractivity (Wildman–Crippen MR) is 79.0 cm³/mol. The third kappa shape index (κ3) is 4.73. The van der Waals surface area contributed by atoms with E-state index in [2.05, 4.69) is 10.3 Å². The minimum absolute atomic E-state index is 0.0305. The highest BCUT2D eigenvalue weighted by Gasteiger charge is 2.29. The van der Waals surface area contributed by atoms with Crippen LogP contribution in [0.3, 0.4) is 0 Å². The molecule has 0 unspecified atom stereocenters. The highest BCUT2D eigenvalue weighted by Crippen LogP contribution is 2.30. The van der Waals surface area contributed by atoms with E-state index in [4.69, 9.17) is 4.74 Å². The number of hydrogen-bond acceptors (Lipinski definition) is 4. The Kier molecular flexibility index (Phi) is 5.14. The van der Waals surface area contributed by atoms with Crippen molar-refractivity contribution in [1.29, 1.82) is 0 Å². The van der Waals surface area contributed by atoms with Gasteiger partial charge in [0.2, 0.25) is 11.8 Å². The van der Waals surface area contributed by atoms with Gasteiger partial charge in [0.25, 0.3) is 5.91 Å². The molecule has 0 aliphatic heterocycles. The van der Waals surface area contributed by atoms with E-state index >= 15 is 0 Å². The third-order valence-electron chi connectivity index (χ3n) is 3.28. The number of carbonyl (C=O) groups is 2. The van der Waals surface area contributed by atoms with Crippen molar-refractivity contribution in [1.82, 2.24) is 9.88 Å². The largest absolute Gasteiger partial charge is 0.468 e. The Labute approximate surface area is 124 Å². The van der Waals surface area contributed by atoms with Crippen molar-refractivity contribution in [2.45, 2.75) is 26.2 Å². The van der Waals surface area contributed by atoms with Crippen LogP contribution in [0.1, 0.15) is 26.2 Å². The first-order chi connectivity index (χ1) is 10.1. The van der Waals surface area contributed by atoms with Gasteiger partial charge < -0.3 is 15.0 Å². The molecule has 0 radical (unpaired) electrons. The van der Waals surface area contributed by atoms with E-state index in [0.717, 1.165) is 19.3 Å². The zero-order valence-electron chi connectivity index (χ0n) is 12.5. The van der Waals surface area contributed by atoms with Crippen molar-refractivity contribution in [3.8, 4) is 5.88 Å². The molecule has 0 atom stereocenters. The molecule has 2 amide bonds. The second kappa shape index (κ2) is 7.06. The summed E-state index contributed by atoms with van der Waals surface area (Å²) >= 11 is 0. The molecule has 1 heterocycles. The summed E-state index contributed by atoms with van der Waals surface area (Å²) in [5.41, 5.74) is 0.647. The van der Waals surface area contributed by atoms with Gasteiger partial charge in [0.15, 0.2) is 6.61 Å². The number of pyridine rings is 1. The summed E-state index contributed by atoms with van der Waals surface area (Å²) in [6.07, 6.45) is 4.38. The first kappa shape index (κ1) is 15.3. The molecule has 21 heavy (non-hydrogen) atoms. The summed E-state index contributed by atoms with van der Waals surface area (Å²) in [5.74, 6) is 0.497. The lowest BCUT2D eigenvalue weighted by Crippen LogP contribution is -2.32. The molecular weight excluding hydrogens is 270 g/mol. The lowest BCUT2D eigenvalue weighted by molar-refractivity contribution is -0.132. The molecule has 1 aliphatic rings. The van der Waals surface area contributed by atoms with Gasteiger partial charge in [-0.25, -0.2) is 4.98 Å². The summed E-state index contributed by atoms with van der Waals surface area (Å²) in [6.45, 7) is 2.69. The standard InChI is InChI=1S/C15H21N3O3/c1-3-8-18(2)14(19)10-21-13-7-6-12(9-16-13)17-15(20)11-4-5-11/h6-7,9,11H,3-5,8,10H2,1-2H3,(H,17,20). The molecule has 0 aromatic carbocycles. The maximum Gasteiger partial charge on any atom is 0.260 e. The van der Waals surface area contributed by atoms with Crippen LogP contribution in [0.15, 0.2) is 18.3 Å². The second-order valence-corrected chi connectivity index (χ2v) is 5.25. The SMILES string of the molecule is CCCN(C)C(=O)COc1ccc(NC(=O)C2CC2)cn1. The topological polar surface area (TPSA) is 71.5 Å². The van der Waals surface area contributed by atoms with Crippen LogP contribution < -0.4 is 10.1 Å². The van der Waals surface area contributed by atoms with E-state index in [0.29, 0.717) is 18.1 Å². The van der Waals surface area contributed by atoms with Crippen LogP contribution in [0.25, 0.3) is 0 Å². The molecule has 1 saturated carbocycles. The van der Waals surface area contributed by atoms with Crippen LogP contribution >= 0.6 is 0 Å². The van der Waals surface area contributed by atoms with Gasteiger partial charge in [-0.15, -0.1) is 0 Å². The zero-order valence-corrected chi connectivity index (χ0v) is 12.5. The monoisotopic (exact) mass is 291 g/mol. The van der Waals surface area contributed by atoms with E-state index in [1.54, 1.807) is 24.1 Å². The molecule has 1 aliphatic carbocycles. The molecule has 1 aromatic rings. The number of hydrogen-bond donors (Lipinski definition) is 1. The van der Waals surface area contributed by atoms with Crippen LogP contribution in [0.5, 0.6) is 5.88 Å². The molecule has 1 aromatic heterocycles. The van der Waals surface area contributed by atoms with Gasteiger partial charge in [-0.05, 0) is 25.3 Å². The summed E-state index contributed by atoms with van der Waals surface area (Å²) < 4.78 is 5.34. The number of amides is 2. The number of nitrogens with zero attached hydrogens (tertiary/aromatic N) is 2. The highest BCUT2D eigenvalue weighted by molar-refractivity contribution is 5.93. The minimum atomic E-state index is -0.0789. The van der Waals surface area contributed by atoms with Gasteiger partial charge in [-0.2, -0.15) is 0 Å². The number of ether oxygens (including phenoxy) is 1. The van der Waals surface area contributed by atoms with E-state index in [1.165, 1.54) is 6.20 Å². The fourth-order valence-corrected chi connectivity index (χ4v) is 1.84. The van der Waals surface area contributed by atoms with E-state index in [1.807, 2.05) is 6.92 Å². The number of aromatic nitrogens is 1. The smallest absolute Gasteiger partial charge is 0.260 e. The average Bonchev–Trinajstić information content (AvgIpc) is 3.31. The summed E-state index contributed by atoms with van der Waals surface area (Å²) in [4.78, 5) is 29.0. The fourth-order valence-electron chi connectivity index (χ4n) is 1.84. The van der Waals surface area contributed by atoms with Crippen molar-refractivity contribution in [3.63, 3.8) is 0 Å². The summed E-state index contributed by atoms with van der Waals surface area (Å²) in [6, 6.07) is 3.37. The Balaban J connectivity index is 1.79. The van der Waals surface area contributed by atoms with Crippen LogP contribution in [0.2, 0.25) is 0 Å². The van der Waals surface area contributed by atoms with Crippen molar-refractivity contribution in [2.24, 2.45) is 5.92 Å². The van der Waals surface area contributed by atoms with Crippen LogP contribution in [-0.4, -0.2) is 41.9 Å². The first-order valence-electron chi connectivity index (χ1n) is 7.24. The third-order valence-corrected chi connectivity index (χ3v) is 3.28. The zero-order chi connectivity index (χ0) is 15.2. The fraction of sp³-hybridized carbons (Fsp3) is 0.533. The van der Waals surface area contributed by atoms with E-state index in [-0.39, 0.29) is 24.3 Å². The Morgan fingerprint density at radius 1 is 1.43 bits per heavy atom. The van der Waals surface area contributed by atoms with Crippen LogP contribution in [0, 0.1) is 5.92 Å². The molecule has 6 heteroatoms. The normalized spacial score (nSPS) is 13.6. The lowest BCUT2D eigenvalue weighted by Gasteiger charge is -2.16. The van der Waals surface area contributed by atoms with Crippen molar-refractivity contribution in [2.75, 3.05) is 25.5 Å². The van der Waals surface area contributed by atoms with Crippen molar-refractivity contribution >= 4 is 17.5 Å². The predicted octanol–water partition coefficient (Wildman–Crippen LogP) is 1.68. The average molecular weight is 291 g/mol. The molecule has 0 bridgehead atoms. The number of carbonyl (C=O) groups excluding carboxylic acids is 2. The Morgan fingerprint density at radius 2 is 2.19 bits per heavy atom. The van der Waals surface area contributed by atoms with Gasteiger partial charge in [-0.3, -0.25) is 9.59 Å². The Hall–Kier alpha value is -2.11. The molecule has 0 saturated heterocycles. The van der Waals surface area contributed by atoms with E-state index in [9.17, 15) is 9.59 Å².